The number of hydrogen-bond donors (Lipinski definition) is 1. The molecule has 2 amide bonds. The van der Waals surface area contributed by atoms with Gasteiger partial charge in [0.15, 0.2) is 0 Å². The molecule has 1 aliphatic rings. The van der Waals surface area contributed by atoms with Gasteiger partial charge in [-0.1, -0.05) is 35.9 Å². The van der Waals surface area contributed by atoms with Crippen LogP contribution in [0, 0.1) is 13.8 Å². The van der Waals surface area contributed by atoms with Crippen LogP contribution in [-0.2, 0) is 9.59 Å². The molecular weight excluding hydrogens is 432 g/mol. The molecule has 0 radical (unpaired) electrons. The molecule has 7 nitrogen and oxygen atoms in total. The molecule has 1 N–H and O–H groups in total. The summed E-state index contributed by atoms with van der Waals surface area (Å²) >= 11 is 0. The normalized spacial score (nSPS) is 13.4. The minimum Gasteiger partial charge on any atom is -0.497 e. The SMILES string of the molecule is COc1ccc(N2C(=O)C(Nc3cc(C)ccc3OC)=C(c3ccc(C)cc3)C2=O)c(OC)c1. The number of aryl methyl sites for hydroxylation is 2. The molecule has 34 heavy (non-hydrogen) atoms. The molecule has 0 bridgehead atoms. The third-order valence-electron chi connectivity index (χ3n) is 5.67. The number of methoxy groups -OCH3 is 3. The van der Waals surface area contributed by atoms with E-state index in [2.05, 4.69) is 5.32 Å². The lowest BCUT2D eigenvalue weighted by atomic mass is 10.0. The Morgan fingerprint density at radius 2 is 1.38 bits per heavy atom. The van der Waals surface area contributed by atoms with Gasteiger partial charge in [-0.3, -0.25) is 9.59 Å². The lowest BCUT2D eigenvalue weighted by molar-refractivity contribution is -0.120. The van der Waals surface area contributed by atoms with Gasteiger partial charge in [-0.15, -0.1) is 0 Å². The van der Waals surface area contributed by atoms with Gasteiger partial charge in [-0.05, 0) is 49.2 Å². The average molecular weight is 459 g/mol. The summed E-state index contributed by atoms with van der Waals surface area (Å²) in [5, 5.41) is 3.18. The zero-order valence-electron chi connectivity index (χ0n) is 19.8. The maximum absolute atomic E-state index is 13.7. The number of nitrogens with zero attached hydrogens (tertiary/aromatic N) is 1. The number of benzene rings is 3. The van der Waals surface area contributed by atoms with Crippen LogP contribution in [0.4, 0.5) is 11.4 Å². The highest BCUT2D eigenvalue weighted by molar-refractivity contribution is 6.46. The number of carbonyl (C=O) groups is 2. The Balaban J connectivity index is 1.87. The summed E-state index contributed by atoms with van der Waals surface area (Å²) in [5.41, 5.74) is 4.01. The first kappa shape index (κ1) is 22.9. The fourth-order valence-electron chi connectivity index (χ4n) is 3.88. The Morgan fingerprint density at radius 1 is 0.706 bits per heavy atom. The van der Waals surface area contributed by atoms with Crippen LogP contribution in [0.25, 0.3) is 5.57 Å². The van der Waals surface area contributed by atoms with E-state index in [9.17, 15) is 9.59 Å². The van der Waals surface area contributed by atoms with Gasteiger partial charge in [0.2, 0.25) is 0 Å². The second kappa shape index (κ2) is 9.31. The van der Waals surface area contributed by atoms with Crippen LogP contribution in [0.5, 0.6) is 17.2 Å². The quantitative estimate of drug-likeness (QED) is 0.516. The number of carbonyl (C=O) groups excluding carboxylic acids is 2. The number of hydrogen-bond acceptors (Lipinski definition) is 6. The summed E-state index contributed by atoms with van der Waals surface area (Å²) in [7, 11) is 4.57. The zero-order valence-corrected chi connectivity index (χ0v) is 19.8. The van der Waals surface area contributed by atoms with Crippen molar-refractivity contribution in [2.45, 2.75) is 13.8 Å². The summed E-state index contributed by atoms with van der Waals surface area (Å²) in [4.78, 5) is 28.6. The van der Waals surface area contributed by atoms with E-state index in [-0.39, 0.29) is 11.3 Å². The van der Waals surface area contributed by atoms with E-state index < -0.39 is 11.8 Å². The van der Waals surface area contributed by atoms with Crippen molar-refractivity contribution in [1.29, 1.82) is 0 Å². The van der Waals surface area contributed by atoms with Crippen molar-refractivity contribution >= 4 is 28.8 Å². The molecule has 0 saturated heterocycles. The summed E-state index contributed by atoms with van der Waals surface area (Å²) < 4.78 is 16.2. The number of nitrogens with one attached hydrogen (secondary N) is 1. The maximum atomic E-state index is 13.7. The third kappa shape index (κ3) is 4.08. The van der Waals surface area contributed by atoms with Gasteiger partial charge in [0.05, 0.1) is 38.3 Å². The molecule has 0 aromatic heterocycles. The molecule has 0 aliphatic carbocycles. The van der Waals surface area contributed by atoms with E-state index in [1.54, 1.807) is 25.3 Å². The highest BCUT2D eigenvalue weighted by atomic mass is 16.5. The lowest BCUT2D eigenvalue weighted by Gasteiger charge is -2.19. The molecular formula is C27H26N2O5. The Labute approximate surface area is 198 Å². The average Bonchev–Trinajstić information content (AvgIpc) is 3.08. The molecule has 3 aromatic rings. The first-order valence-electron chi connectivity index (χ1n) is 10.7. The van der Waals surface area contributed by atoms with Crippen molar-refractivity contribution in [1.82, 2.24) is 0 Å². The number of anilines is 2. The molecule has 0 atom stereocenters. The Kier molecular flexibility index (Phi) is 6.27. The van der Waals surface area contributed by atoms with Crippen LogP contribution >= 0.6 is 0 Å². The summed E-state index contributed by atoms with van der Waals surface area (Å²) in [5.74, 6) is 0.508. The lowest BCUT2D eigenvalue weighted by Crippen LogP contribution is -2.32. The second-order valence-corrected chi connectivity index (χ2v) is 7.93. The van der Waals surface area contributed by atoms with E-state index >= 15 is 0 Å². The van der Waals surface area contributed by atoms with Crippen LogP contribution in [0.2, 0.25) is 0 Å². The summed E-state index contributed by atoms with van der Waals surface area (Å²) in [6.45, 7) is 3.90. The van der Waals surface area contributed by atoms with Gasteiger partial charge in [0, 0.05) is 6.07 Å². The monoisotopic (exact) mass is 458 g/mol. The van der Waals surface area contributed by atoms with Gasteiger partial charge >= 0.3 is 0 Å². The fraction of sp³-hybridized carbons (Fsp3) is 0.185. The van der Waals surface area contributed by atoms with E-state index in [0.717, 1.165) is 16.0 Å². The zero-order chi connectivity index (χ0) is 24.4. The number of rotatable bonds is 7. The fourth-order valence-corrected chi connectivity index (χ4v) is 3.88. The van der Waals surface area contributed by atoms with Gasteiger partial charge in [-0.2, -0.15) is 0 Å². The minimum absolute atomic E-state index is 0.163. The molecule has 4 rings (SSSR count). The summed E-state index contributed by atoms with van der Waals surface area (Å²) in [6.07, 6.45) is 0. The molecule has 1 aliphatic heterocycles. The van der Waals surface area contributed by atoms with Crippen molar-refractivity contribution in [3.63, 3.8) is 0 Å². The second-order valence-electron chi connectivity index (χ2n) is 7.93. The van der Waals surface area contributed by atoms with E-state index in [0.29, 0.717) is 34.2 Å². The Morgan fingerprint density at radius 3 is 2.03 bits per heavy atom. The van der Waals surface area contributed by atoms with Crippen molar-refractivity contribution in [3.8, 4) is 17.2 Å². The van der Waals surface area contributed by atoms with E-state index in [1.807, 2.05) is 56.3 Å². The van der Waals surface area contributed by atoms with E-state index in [4.69, 9.17) is 14.2 Å². The van der Waals surface area contributed by atoms with Gasteiger partial charge in [0.1, 0.15) is 22.9 Å². The largest absolute Gasteiger partial charge is 0.497 e. The van der Waals surface area contributed by atoms with Crippen LogP contribution < -0.4 is 24.4 Å². The molecule has 1 heterocycles. The van der Waals surface area contributed by atoms with Crippen LogP contribution in [0.15, 0.2) is 66.4 Å². The molecule has 174 valence electrons. The third-order valence-corrected chi connectivity index (χ3v) is 5.67. The number of amides is 2. The predicted molar refractivity (Wildman–Crippen MR) is 131 cm³/mol. The first-order chi connectivity index (χ1) is 16.4. The first-order valence-corrected chi connectivity index (χ1v) is 10.7. The van der Waals surface area contributed by atoms with Crippen LogP contribution in [-0.4, -0.2) is 33.1 Å². The van der Waals surface area contributed by atoms with Gasteiger partial charge in [-0.25, -0.2) is 4.90 Å². The van der Waals surface area contributed by atoms with Crippen LogP contribution in [0.1, 0.15) is 16.7 Å². The Bertz CT molecular complexity index is 1290. The van der Waals surface area contributed by atoms with Crippen molar-refractivity contribution in [2.24, 2.45) is 0 Å². The highest BCUT2D eigenvalue weighted by Crippen LogP contribution is 2.40. The van der Waals surface area contributed by atoms with Crippen molar-refractivity contribution in [2.75, 3.05) is 31.5 Å². The minimum atomic E-state index is -0.493. The topological polar surface area (TPSA) is 77.1 Å². The maximum Gasteiger partial charge on any atom is 0.282 e. The smallest absolute Gasteiger partial charge is 0.282 e. The van der Waals surface area contributed by atoms with Gasteiger partial charge < -0.3 is 19.5 Å². The van der Waals surface area contributed by atoms with Crippen molar-refractivity contribution in [3.05, 3.63) is 83.1 Å². The molecule has 0 unspecified atom stereocenters. The molecule has 0 spiro atoms. The number of ether oxygens (including phenoxy) is 3. The Hall–Kier alpha value is -4.26. The standard InChI is InChI=1S/C27H26N2O5/c1-16-6-9-18(10-7-16)24-25(28-20-14-17(2)8-13-22(20)33-4)27(31)29(26(24)30)21-12-11-19(32-3)15-23(21)34-5/h6-15,28H,1-5H3. The molecule has 0 saturated carbocycles. The highest BCUT2D eigenvalue weighted by Gasteiger charge is 2.41. The predicted octanol–water partition coefficient (Wildman–Crippen LogP) is 4.73. The van der Waals surface area contributed by atoms with Crippen molar-refractivity contribution < 1.29 is 23.8 Å². The molecule has 3 aromatic carbocycles. The molecule has 7 heteroatoms. The van der Waals surface area contributed by atoms with Crippen LogP contribution in [0.3, 0.4) is 0 Å². The summed E-state index contributed by atoms with van der Waals surface area (Å²) in [6, 6.07) is 18.0. The van der Waals surface area contributed by atoms with E-state index in [1.165, 1.54) is 14.2 Å². The number of imide groups is 1. The van der Waals surface area contributed by atoms with Gasteiger partial charge in [0.25, 0.3) is 11.8 Å². The molecule has 0 fully saturated rings.